The molecule has 4 aliphatic heterocycles. The molecule has 108 heavy (non-hydrogen) atoms. The number of ether oxygens (including phenoxy) is 6. The number of nitrogens with one attached hydrogen (secondary N) is 2. The molecule has 5 heterocycles. The number of carbonyl (C=O) groups excluding carboxylic acids is 9. The molecule has 0 radical (unpaired) electrons. The van der Waals surface area contributed by atoms with Crippen molar-refractivity contribution < 1.29 is 76.7 Å². The van der Waals surface area contributed by atoms with Gasteiger partial charge in [0.1, 0.15) is 29.6 Å². The number of aromatic nitrogens is 3. The summed E-state index contributed by atoms with van der Waals surface area (Å²) in [7, 11) is 4.61. The molecular formula is C84H92N8O16. The summed E-state index contributed by atoms with van der Waals surface area (Å²) in [5.74, 6) is -2.11. The Balaban J connectivity index is 0.569. The number of amides is 5. The third-order valence-corrected chi connectivity index (χ3v) is 22.0. The molecule has 5 amide bonds. The average Bonchev–Trinajstić information content (AvgIpc) is 1.56. The molecule has 564 valence electrons. The van der Waals surface area contributed by atoms with Crippen LogP contribution in [0.15, 0.2) is 128 Å². The predicted molar refractivity (Wildman–Crippen MR) is 400 cm³/mol. The fraction of sp³-hybridized carbons (Fsp3) is 0.417. The highest BCUT2D eigenvalue weighted by atomic mass is 16.6. The van der Waals surface area contributed by atoms with Crippen LogP contribution in [-0.2, 0) is 65.9 Å². The van der Waals surface area contributed by atoms with Gasteiger partial charge in [0.15, 0.2) is 40.8 Å². The molecule has 1 saturated heterocycles. The van der Waals surface area contributed by atoms with Gasteiger partial charge in [0.05, 0.1) is 70.1 Å². The molecule has 6 aromatic carbocycles. The smallest absolute Gasteiger partial charge is 0.416 e. The van der Waals surface area contributed by atoms with Crippen LogP contribution in [0.3, 0.4) is 0 Å². The van der Waals surface area contributed by atoms with Crippen molar-refractivity contribution in [2.75, 3.05) is 52.5 Å². The maximum Gasteiger partial charge on any atom is 0.416 e. The molecule has 1 aromatic heterocycles. The maximum absolute atomic E-state index is 14.5. The van der Waals surface area contributed by atoms with Crippen molar-refractivity contribution in [3.05, 3.63) is 172 Å². The Bertz CT molecular complexity index is 4660. The summed E-state index contributed by atoms with van der Waals surface area (Å²) in [6.45, 7) is 7.91. The summed E-state index contributed by atoms with van der Waals surface area (Å²) in [4.78, 5) is 129. The van der Waals surface area contributed by atoms with Crippen molar-refractivity contribution in [1.29, 1.82) is 0 Å². The molecule has 13 rings (SSSR count). The van der Waals surface area contributed by atoms with Gasteiger partial charge in [0.25, 0.3) is 11.8 Å². The normalized spacial score (nSPS) is 18.3. The molecule has 1 unspecified atom stereocenters. The Labute approximate surface area is 627 Å². The lowest BCUT2D eigenvalue weighted by Gasteiger charge is -2.31. The summed E-state index contributed by atoms with van der Waals surface area (Å²) < 4.78 is 37.3. The molecule has 1 spiro atoms. The number of aliphatic hydroxyl groups excluding tert-OH is 1. The van der Waals surface area contributed by atoms with Crippen LogP contribution >= 0.6 is 0 Å². The number of Topliss-reactive ketones (excluding diaryl/α,β-unsaturated/α-hetero) is 4. The summed E-state index contributed by atoms with van der Waals surface area (Å²) in [6, 6.07) is 35.3. The quantitative estimate of drug-likeness (QED) is 0.0353. The Morgan fingerprint density at radius 2 is 1.39 bits per heavy atom. The number of nitrogens with zero attached hydrogens (tertiary/aromatic N) is 6. The zero-order chi connectivity index (χ0) is 76.1. The van der Waals surface area contributed by atoms with E-state index in [0.29, 0.717) is 72.7 Å². The fourth-order valence-electron chi connectivity index (χ4n) is 15.6. The van der Waals surface area contributed by atoms with Gasteiger partial charge < -0.3 is 54.0 Å². The first-order chi connectivity index (χ1) is 52.1. The number of hydrogen-bond acceptors (Lipinski definition) is 18. The van der Waals surface area contributed by atoms with E-state index in [-0.39, 0.29) is 134 Å². The van der Waals surface area contributed by atoms with Gasteiger partial charge in [-0.3, -0.25) is 38.4 Å². The van der Waals surface area contributed by atoms with Crippen LogP contribution in [-0.4, -0.2) is 155 Å². The van der Waals surface area contributed by atoms with Gasteiger partial charge in [-0.2, -0.15) is 0 Å². The van der Waals surface area contributed by atoms with E-state index in [4.69, 9.17) is 28.4 Å². The van der Waals surface area contributed by atoms with Gasteiger partial charge in [0.2, 0.25) is 11.8 Å². The summed E-state index contributed by atoms with van der Waals surface area (Å²) in [5.41, 5.74) is 9.96. The van der Waals surface area contributed by atoms with Gasteiger partial charge in [-0.05, 0) is 139 Å². The number of ketones is 4. The van der Waals surface area contributed by atoms with Crippen LogP contribution in [0.25, 0.3) is 28.1 Å². The lowest BCUT2D eigenvalue weighted by molar-refractivity contribution is -0.133. The third kappa shape index (κ3) is 16.1. The Hall–Kier alpha value is -11.0. The van der Waals surface area contributed by atoms with Crippen LogP contribution in [0.1, 0.15) is 158 Å². The molecule has 2 fully saturated rings. The number of methoxy groups -OCH3 is 3. The monoisotopic (exact) mass is 1470 g/mol. The average molecular weight is 1470 g/mol. The molecule has 24 heteroatoms. The third-order valence-electron chi connectivity index (χ3n) is 22.0. The van der Waals surface area contributed by atoms with Crippen molar-refractivity contribution in [1.82, 2.24) is 35.4 Å². The number of anilines is 1. The first kappa shape index (κ1) is 75.2. The highest BCUT2D eigenvalue weighted by Crippen LogP contribution is 2.57. The van der Waals surface area contributed by atoms with Crippen LogP contribution in [0.2, 0.25) is 0 Å². The number of benzene rings is 6. The van der Waals surface area contributed by atoms with Gasteiger partial charge in [0, 0.05) is 105 Å². The first-order valence-corrected chi connectivity index (χ1v) is 37.3. The molecule has 3 N–H and O–H groups in total. The Kier molecular flexibility index (Phi) is 22.7. The molecule has 6 aliphatic rings. The standard InChI is InChI=1S/C84H92N8O16/c1-8-91-78-61-15-10-9-14-54(61)38-66(62-16-11-12-17-63(62)77(78)87-88-91)70(95)30-26-58(93)27-31-76(97)85-45-59(94)40-64(49(2)3)79(98)86-50(4)71(96)36-51-18-20-52(21-19-51)47-108-83(102)92-68-43-75(73(105-7)42-67(68)81(100)90-48-84(32-33-84)44-69(90)82(92)101)107-35-13-34-106-74-39-55-22-25-57-37-56(53-23-28-60(103-5)29-24-53)46-89(57)80(99)65(55)41-72(74)104-6/h9-12,14-21,23-24,28-29,39,41-43,46,49-50,57,64,66,69,82,101H,8,13,22,25-27,30-38,40,44-45,47-48H2,1-7H3,(H,85,97)(H,86,98)/t50-,57+,64-,66?,69-,82-/m0/s1. The van der Waals surface area contributed by atoms with Gasteiger partial charge in [-0.1, -0.05) is 104 Å². The lowest BCUT2D eigenvalue weighted by Crippen LogP contribution is -2.50. The van der Waals surface area contributed by atoms with Gasteiger partial charge in [-0.15, -0.1) is 5.10 Å². The van der Waals surface area contributed by atoms with E-state index >= 15 is 0 Å². The summed E-state index contributed by atoms with van der Waals surface area (Å²) in [5, 5.41) is 26.6. The topological polar surface area (TPSA) is 294 Å². The number of fused-ring (bicyclic) bond motifs is 9. The van der Waals surface area contributed by atoms with Crippen LogP contribution < -0.4 is 39.2 Å². The zero-order valence-corrected chi connectivity index (χ0v) is 62.1. The van der Waals surface area contributed by atoms with Crippen molar-refractivity contribution in [3.8, 4) is 51.3 Å². The number of rotatable bonds is 30. The Morgan fingerprint density at radius 3 is 2.09 bits per heavy atom. The van der Waals surface area contributed by atoms with Gasteiger partial charge >= 0.3 is 6.09 Å². The number of hydrogen-bond donors (Lipinski definition) is 3. The Morgan fingerprint density at radius 1 is 0.704 bits per heavy atom. The first-order valence-electron chi connectivity index (χ1n) is 37.3. The summed E-state index contributed by atoms with van der Waals surface area (Å²) >= 11 is 0. The lowest BCUT2D eigenvalue weighted by atomic mass is 9.79. The number of carbonyl (C=O) groups is 9. The SMILES string of the molecule is CCn1nnc2c1-c1ccccc1CC(C(=O)CCC(=O)CCC(=O)NCC(=O)C[C@H](C(=O)N[C@@H](C)C(=O)Cc1ccc(COC(=O)N3c4cc(OCCCOc5cc6c(cc5OC)C(=O)N5C=C(c7ccc(OC)cc7)C[C@H]5CC6)c(OC)cc4C(=O)N4CC5(CC5)C[C@H]4[C@@H]3O)cc1)C(C)C)c1ccccc1-2. The molecule has 6 atom stereocenters. The minimum atomic E-state index is -1.48. The van der Waals surface area contributed by atoms with E-state index in [9.17, 15) is 48.3 Å². The highest BCUT2D eigenvalue weighted by molar-refractivity contribution is 6.06. The van der Waals surface area contributed by atoms with E-state index in [1.165, 1.54) is 26.4 Å². The molecule has 24 nitrogen and oxygen atoms in total. The predicted octanol–water partition coefficient (Wildman–Crippen LogP) is 11.2. The largest absolute Gasteiger partial charge is 0.497 e. The van der Waals surface area contributed by atoms with E-state index in [0.717, 1.165) is 81.0 Å². The van der Waals surface area contributed by atoms with Crippen molar-refractivity contribution in [3.63, 3.8) is 0 Å². The second-order valence-electron chi connectivity index (χ2n) is 29.4. The van der Waals surface area contributed by atoms with Crippen molar-refractivity contribution >= 4 is 64.1 Å². The van der Waals surface area contributed by atoms with Crippen molar-refractivity contribution in [2.45, 2.75) is 161 Å². The van der Waals surface area contributed by atoms with Crippen LogP contribution in [0, 0.1) is 17.3 Å². The highest BCUT2D eigenvalue weighted by Gasteiger charge is 2.58. The van der Waals surface area contributed by atoms with E-state index in [2.05, 4.69) is 20.9 Å². The number of aliphatic hydroxyl groups is 1. The van der Waals surface area contributed by atoms with E-state index in [1.54, 1.807) is 63.1 Å². The fourth-order valence-corrected chi connectivity index (χ4v) is 15.6. The second kappa shape index (κ2) is 32.6. The number of aryl methyl sites for hydroxylation is 2. The molecule has 7 aromatic rings. The van der Waals surface area contributed by atoms with Gasteiger partial charge in [-0.25, -0.2) is 14.4 Å². The zero-order valence-electron chi connectivity index (χ0n) is 62.1. The van der Waals surface area contributed by atoms with Crippen LogP contribution in [0.5, 0.6) is 28.7 Å². The summed E-state index contributed by atoms with van der Waals surface area (Å²) in [6.07, 6.45) is 4.17. The van der Waals surface area contributed by atoms with Crippen LogP contribution in [0.4, 0.5) is 10.5 Å². The molecular weight excluding hydrogens is 1380 g/mol. The molecule has 2 aliphatic carbocycles. The molecule has 1 saturated carbocycles. The minimum absolute atomic E-state index is 0.00620. The second-order valence-corrected chi connectivity index (χ2v) is 29.4. The van der Waals surface area contributed by atoms with E-state index in [1.807, 2.05) is 102 Å². The molecule has 0 bridgehead atoms. The van der Waals surface area contributed by atoms with Crippen molar-refractivity contribution in [2.24, 2.45) is 17.3 Å². The van der Waals surface area contributed by atoms with E-state index < -0.39 is 53.8 Å². The maximum atomic E-state index is 14.5. The minimum Gasteiger partial charge on any atom is -0.497 e.